The molecule has 2 N–H and O–H groups in total. The summed E-state index contributed by atoms with van der Waals surface area (Å²) in [4.78, 5) is 11.3. The summed E-state index contributed by atoms with van der Waals surface area (Å²) < 4.78 is 14.0. The molecule has 5 nitrogen and oxygen atoms in total. The summed E-state index contributed by atoms with van der Waals surface area (Å²) in [6.45, 7) is 0.300. The zero-order valence-electron chi connectivity index (χ0n) is 8.76. The number of thiophene rings is 1. The number of halogens is 1. The molecule has 0 amide bonds. The lowest BCUT2D eigenvalue weighted by Crippen LogP contribution is -2.09. The number of nitrogens with zero attached hydrogens (tertiary/aromatic N) is 2. The van der Waals surface area contributed by atoms with Gasteiger partial charge in [0.15, 0.2) is 5.13 Å². The van der Waals surface area contributed by atoms with Gasteiger partial charge in [-0.2, -0.15) is 9.49 Å². The Hall–Kier alpha value is -1.89. The number of hydrogen-bond donors (Lipinski definition) is 2. The molecule has 0 radical (unpaired) electrons. The second-order valence-corrected chi connectivity index (χ2v) is 4.47. The molecular weight excluding hydrogens is 245 g/mol. The molecule has 0 saturated carbocycles. The highest BCUT2D eigenvalue weighted by Gasteiger charge is 2.03. The molecule has 0 unspecified atom stereocenters. The predicted molar refractivity (Wildman–Crippen MR) is 61.5 cm³/mol. The fraction of sp³-hybridized carbons (Fsp3) is 0.200. The minimum atomic E-state index is -0.944. The van der Waals surface area contributed by atoms with Gasteiger partial charge in [-0.05, 0) is 12.1 Å². The minimum absolute atomic E-state index is 0.171. The van der Waals surface area contributed by atoms with Gasteiger partial charge in [0.1, 0.15) is 12.4 Å². The van der Waals surface area contributed by atoms with Crippen molar-refractivity contribution in [1.29, 1.82) is 0 Å². The first-order chi connectivity index (χ1) is 8.13. The highest BCUT2D eigenvalue weighted by Crippen LogP contribution is 2.15. The van der Waals surface area contributed by atoms with Crippen molar-refractivity contribution in [1.82, 2.24) is 9.78 Å². The van der Waals surface area contributed by atoms with Crippen molar-refractivity contribution in [3.05, 3.63) is 34.4 Å². The molecule has 0 bridgehead atoms. The quantitative estimate of drug-likeness (QED) is 0.854. The molecule has 2 rings (SSSR count). The molecule has 2 heterocycles. The topological polar surface area (TPSA) is 67.2 Å². The third-order valence-electron chi connectivity index (χ3n) is 2.01. The summed E-state index contributed by atoms with van der Waals surface area (Å²) in [5.74, 6) is -0.375. The molecule has 0 fully saturated rings. The van der Waals surface area contributed by atoms with Gasteiger partial charge in [-0.1, -0.05) is 0 Å². The zero-order chi connectivity index (χ0) is 12.3. The third kappa shape index (κ3) is 3.28. The number of nitrogens with one attached hydrogen (secondary N) is 1. The smallest absolute Gasteiger partial charge is 0.325 e. The summed E-state index contributed by atoms with van der Waals surface area (Å²) in [6, 6.07) is 4.78. The largest absolute Gasteiger partial charge is 0.480 e. The highest BCUT2D eigenvalue weighted by molar-refractivity contribution is 7.10. The Bertz CT molecular complexity index is 523. The normalized spacial score (nSPS) is 10.4. The molecule has 2 aromatic heterocycles. The van der Waals surface area contributed by atoms with Crippen molar-refractivity contribution in [3.63, 3.8) is 0 Å². The van der Waals surface area contributed by atoms with Gasteiger partial charge < -0.3 is 10.4 Å². The van der Waals surface area contributed by atoms with E-state index >= 15 is 0 Å². The Balaban J connectivity index is 1.91. The van der Waals surface area contributed by atoms with E-state index in [1.165, 1.54) is 10.7 Å². The maximum Gasteiger partial charge on any atom is 0.325 e. The highest BCUT2D eigenvalue weighted by atomic mass is 32.1. The van der Waals surface area contributed by atoms with Crippen LogP contribution in [0.2, 0.25) is 0 Å². The Labute approximate surface area is 101 Å². The van der Waals surface area contributed by atoms with E-state index in [1.807, 2.05) is 0 Å². The Morgan fingerprint density at radius 1 is 1.53 bits per heavy atom. The molecule has 0 saturated heterocycles. The van der Waals surface area contributed by atoms with E-state index in [-0.39, 0.29) is 11.7 Å². The standard InChI is InChI=1S/C10H10FN3O2S/c11-8-2-1-7(17-8)5-12-9-3-4-14(13-9)6-10(15)16/h1-4H,5-6H2,(H,12,13)(H,15,16). The van der Waals surface area contributed by atoms with E-state index in [9.17, 15) is 9.18 Å². The molecular formula is C10H10FN3O2S. The van der Waals surface area contributed by atoms with Crippen LogP contribution in [0.1, 0.15) is 4.88 Å². The number of hydrogen-bond acceptors (Lipinski definition) is 4. The van der Waals surface area contributed by atoms with Crippen LogP contribution >= 0.6 is 11.3 Å². The average Bonchev–Trinajstić information content (AvgIpc) is 2.84. The van der Waals surface area contributed by atoms with Crippen LogP contribution < -0.4 is 5.32 Å². The average molecular weight is 255 g/mol. The molecule has 7 heteroatoms. The molecule has 0 spiro atoms. The SMILES string of the molecule is O=C(O)Cn1ccc(NCc2ccc(F)s2)n1. The number of carboxylic acid groups (broad SMARTS) is 1. The first kappa shape index (κ1) is 11.6. The van der Waals surface area contributed by atoms with Gasteiger partial charge in [0.05, 0.1) is 6.54 Å². The molecule has 0 aromatic carbocycles. The first-order valence-electron chi connectivity index (χ1n) is 4.87. The van der Waals surface area contributed by atoms with Gasteiger partial charge in [0.25, 0.3) is 0 Å². The lowest BCUT2D eigenvalue weighted by Gasteiger charge is -1.99. The van der Waals surface area contributed by atoms with E-state index < -0.39 is 5.97 Å². The van der Waals surface area contributed by atoms with Crippen molar-refractivity contribution in [2.45, 2.75) is 13.1 Å². The third-order valence-corrected chi connectivity index (χ3v) is 2.88. The van der Waals surface area contributed by atoms with Crippen LogP contribution in [0, 0.1) is 5.13 Å². The molecule has 0 aliphatic heterocycles. The molecule has 0 atom stereocenters. The number of aromatic nitrogens is 2. The van der Waals surface area contributed by atoms with Crippen molar-refractivity contribution in [2.24, 2.45) is 0 Å². The van der Waals surface area contributed by atoms with Crippen LogP contribution in [0.15, 0.2) is 24.4 Å². The molecule has 2 aromatic rings. The number of rotatable bonds is 5. The van der Waals surface area contributed by atoms with E-state index in [0.717, 1.165) is 16.2 Å². The Morgan fingerprint density at radius 3 is 3.00 bits per heavy atom. The zero-order valence-corrected chi connectivity index (χ0v) is 9.58. The first-order valence-corrected chi connectivity index (χ1v) is 5.68. The van der Waals surface area contributed by atoms with Crippen molar-refractivity contribution < 1.29 is 14.3 Å². The lowest BCUT2D eigenvalue weighted by molar-refractivity contribution is -0.137. The number of carboxylic acids is 1. The fourth-order valence-corrected chi connectivity index (χ4v) is 1.97. The van der Waals surface area contributed by atoms with Crippen molar-refractivity contribution in [3.8, 4) is 0 Å². The lowest BCUT2D eigenvalue weighted by atomic mass is 10.4. The van der Waals surface area contributed by atoms with Crippen LogP contribution in [0.3, 0.4) is 0 Å². The van der Waals surface area contributed by atoms with Crippen LogP contribution in [0.5, 0.6) is 0 Å². The van der Waals surface area contributed by atoms with Crippen molar-refractivity contribution in [2.75, 3.05) is 5.32 Å². The second-order valence-electron chi connectivity index (χ2n) is 3.35. The maximum absolute atomic E-state index is 12.7. The van der Waals surface area contributed by atoms with E-state index in [1.54, 1.807) is 18.3 Å². The van der Waals surface area contributed by atoms with Gasteiger partial charge in [-0.15, -0.1) is 11.3 Å². The van der Waals surface area contributed by atoms with Crippen molar-refractivity contribution >= 4 is 23.1 Å². The van der Waals surface area contributed by atoms with Gasteiger partial charge >= 0.3 is 5.97 Å². The minimum Gasteiger partial charge on any atom is -0.480 e. The molecule has 0 aliphatic rings. The van der Waals surface area contributed by atoms with Gasteiger partial charge in [-0.3, -0.25) is 9.48 Å². The summed E-state index contributed by atoms with van der Waals surface area (Å²) in [7, 11) is 0. The Kier molecular flexibility index (Phi) is 3.38. The van der Waals surface area contributed by atoms with Crippen LogP contribution in [0.25, 0.3) is 0 Å². The number of carbonyl (C=O) groups is 1. The summed E-state index contributed by atoms with van der Waals surface area (Å²) in [6.07, 6.45) is 1.57. The maximum atomic E-state index is 12.7. The van der Waals surface area contributed by atoms with Crippen LogP contribution in [-0.2, 0) is 17.9 Å². The van der Waals surface area contributed by atoms with E-state index in [2.05, 4.69) is 10.4 Å². The predicted octanol–water partition coefficient (Wildman–Crippen LogP) is 1.78. The molecule has 90 valence electrons. The van der Waals surface area contributed by atoms with Crippen LogP contribution in [0.4, 0.5) is 10.2 Å². The Morgan fingerprint density at radius 2 is 2.35 bits per heavy atom. The summed E-state index contributed by atoms with van der Waals surface area (Å²) >= 11 is 1.07. The van der Waals surface area contributed by atoms with Gasteiger partial charge in [0.2, 0.25) is 0 Å². The number of aliphatic carboxylic acids is 1. The van der Waals surface area contributed by atoms with Crippen LogP contribution in [-0.4, -0.2) is 20.9 Å². The summed E-state index contributed by atoms with van der Waals surface area (Å²) in [5, 5.41) is 15.3. The summed E-state index contributed by atoms with van der Waals surface area (Å²) in [5.41, 5.74) is 0. The van der Waals surface area contributed by atoms with Gasteiger partial charge in [0, 0.05) is 17.1 Å². The number of anilines is 1. The van der Waals surface area contributed by atoms with E-state index in [0.29, 0.717) is 12.4 Å². The fourth-order valence-electron chi connectivity index (χ4n) is 1.31. The second kappa shape index (κ2) is 4.96. The molecule has 0 aliphatic carbocycles. The molecule has 17 heavy (non-hydrogen) atoms. The van der Waals surface area contributed by atoms with E-state index in [4.69, 9.17) is 5.11 Å². The monoisotopic (exact) mass is 255 g/mol. The van der Waals surface area contributed by atoms with Gasteiger partial charge in [-0.25, -0.2) is 0 Å².